The number of benzene rings is 5. The number of rotatable bonds is 4. The molecule has 0 amide bonds. The molecule has 1 saturated heterocycles. The number of fused-ring (bicyclic) bond motifs is 17. The van der Waals surface area contributed by atoms with Crippen molar-refractivity contribution in [1.29, 1.82) is 0 Å². The molecule has 4 bridgehead atoms. The van der Waals surface area contributed by atoms with Gasteiger partial charge in [0, 0.05) is 34.1 Å². The summed E-state index contributed by atoms with van der Waals surface area (Å²) in [5.74, 6) is -5.81. The van der Waals surface area contributed by atoms with Gasteiger partial charge in [0.05, 0.1) is 11.8 Å². The summed E-state index contributed by atoms with van der Waals surface area (Å²) in [4.78, 5) is 25.7. The van der Waals surface area contributed by atoms with Crippen molar-refractivity contribution >= 4 is 33.5 Å². The minimum Gasteiger partial charge on any atom is -0.633 e. The van der Waals surface area contributed by atoms with E-state index in [2.05, 4.69) is 24.3 Å². The highest BCUT2D eigenvalue weighted by atomic mass is 16.5. The maximum absolute atomic E-state index is 15.9. The Morgan fingerprint density at radius 1 is 0.581 bits per heavy atom. The van der Waals surface area contributed by atoms with Crippen molar-refractivity contribution in [2.75, 3.05) is 0 Å². The molecule has 212 valence electrons. The number of carboxylic acids is 2. The molecule has 2 aliphatic heterocycles. The van der Waals surface area contributed by atoms with E-state index in [0.717, 1.165) is 43.8 Å². The fourth-order valence-electron chi connectivity index (χ4n) is 10.7. The molecule has 9 rings (SSSR count). The number of aliphatic carboxylic acids is 2. The van der Waals surface area contributed by atoms with Crippen LogP contribution in [-0.4, -0.2) is 22.2 Å². The predicted molar refractivity (Wildman–Crippen MR) is 161 cm³/mol. The molecule has 3 fully saturated rings. The summed E-state index contributed by atoms with van der Waals surface area (Å²) in [6, 6.07) is 36.3. The zero-order chi connectivity index (χ0) is 29.2. The monoisotopic (exact) mass is 567 g/mol. The van der Waals surface area contributed by atoms with E-state index in [1.807, 2.05) is 84.9 Å². The Balaban J connectivity index is 1.53. The molecular weight excluding hydrogens is 538 g/mol. The van der Waals surface area contributed by atoms with Crippen LogP contribution in [0.2, 0.25) is 0 Å². The van der Waals surface area contributed by atoms with Crippen LogP contribution < -0.4 is 5.06 Å². The van der Waals surface area contributed by atoms with Crippen molar-refractivity contribution in [1.82, 2.24) is 0 Å². The van der Waals surface area contributed by atoms with Gasteiger partial charge in [0.25, 0.3) is 0 Å². The molecule has 43 heavy (non-hydrogen) atoms. The fraction of sp³-hybridized carbons (Fsp3) is 0.243. The number of nitrogens with one attached hydrogen (secondary N) is 1. The normalized spacial score (nSPS) is 34.9. The molecule has 0 aromatic heterocycles. The largest absolute Gasteiger partial charge is 0.633 e. The number of hydrogen-bond acceptors (Lipinski definition) is 3. The molecular formula is C37H29NO5. The summed E-state index contributed by atoms with van der Waals surface area (Å²) in [5, 5.41) is 41.2. The van der Waals surface area contributed by atoms with Gasteiger partial charge in [-0.25, -0.2) is 0 Å². The SMILES string of the molecule is O=C(O)[C@@H]1[C@@H](C(=O)O)[C@H]2C[C@@H]1C1C2[C@@]2(c3ccccc3)c3c(c4ccccc4c4ccccc34)[C@]1(c1ccccc1)[NH+]2[O-]. The average molecular weight is 568 g/mol. The van der Waals surface area contributed by atoms with Crippen LogP contribution in [0.15, 0.2) is 109 Å². The van der Waals surface area contributed by atoms with Crippen LogP contribution in [0.1, 0.15) is 28.7 Å². The summed E-state index contributed by atoms with van der Waals surface area (Å²) >= 11 is 0. The molecule has 2 heterocycles. The topological polar surface area (TPSA) is 102 Å². The molecule has 2 saturated carbocycles. The summed E-state index contributed by atoms with van der Waals surface area (Å²) < 4.78 is 0. The van der Waals surface area contributed by atoms with Crippen molar-refractivity contribution in [2.45, 2.75) is 17.5 Å². The van der Waals surface area contributed by atoms with Crippen LogP contribution in [-0.2, 0) is 20.7 Å². The first-order valence-corrected chi connectivity index (χ1v) is 15.0. The van der Waals surface area contributed by atoms with E-state index < -0.39 is 46.7 Å². The molecule has 6 heteroatoms. The zero-order valence-corrected chi connectivity index (χ0v) is 23.2. The van der Waals surface area contributed by atoms with E-state index >= 15 is 5.21 Å². The van der Waals surface area contributed by atoms with Crippen LogP contribution in [0, 0.1) is 40.7 Å². The summed E-state index contributed by atoms with van der Waals surface area (Å²) in [6.07, 6.45) is 0.490. The van der Waals surface area contributed by atoms with Gasteiger partial charge in [0.15, 0.2) is 11.1 Å². The average Bonchev–Trinajstić information content (AvgIpc) is 3.74. The van der Waals surface area contributed by atoms with Crippen molar-refractivity contribution in [3.63, 3.8) is 0 Å². The first-order valence-electron chi connectivity index (χ1n) is 15.0. The molecule has 5 aromatic rings. The second kappa shape index (κ2) is 8.31. The van der Waals surface area contributed by atoms with Crippen LogP contribution in [0.5, 0.6) is 0 Å². The Morgan fingerprint density at radius 2 is 0.930 bits per heavy atom. The van der Waals surface area contributed by atoms with E-state index in [4.69, 9.17) is 0 Å². The summed E-state index contributed by atoms with van der Waals surface area (Å²) in [6.45, 7) is 0. The van der Waals surface area contributed by atoms with Gasteiger partial charge < -0.3 is 20.5 Å². The Labute approximate surface area is 247 Å². The van der Waals surface area contributed by atoms with Gasteiger partial charge in [-0.3, -0.25) is 9.59 Å². The van der Waals surface area contributed by atoms with E-state index in [9.17, 15) is 19.8 Å². The van der Waals surface area contributed by atoms with Gasteiger partial charge >= 0.3 is 11.9 Å². The van der Waals surface area contributed by atoms with Crippen molar-refractivity contribution < 1.29 is 24.9 Å². The van der Waals surface area contributed by atoms with Crippen molar-refractivity contribution in [3.05, 3.63) is 137 Å². The highest BCUT2D eigenvalue weighted by Gasteiger charge is 2.84. The Morgan fingerprint density at radius 3 is 1.30 bits per heavy atom. The molecule has 6 nitrogen and oxygen atoms in total. The van der Waals surface area contributed by atoms with Crippen LogP contribution in [0.3, 0.4) is 0 Å². The second-order valence-electron chi connectivity index (χ2n) is 12.9. The summed E-state index contributed by atoms with van der Waals surface area (Å²) in [7, 11) is 0. The molecule has 2 aliphatic carbocycles. The van der Waals surface area contributed by atoms with Crippen molar-refractivity contribution in [2.24, 2.45) is 35.5 Å². The quantitative estimate of drug-likeness (QED) is 0.205. The molecule has 4 aliphatic rings. The first-order chi connectivity index (χ1) is 20.9. The highest BCUT2D eigenvalue weighted by Crippen LogP contribution is 2.75. The lowest BCUT2D eigenvalue weighted by atomic mass is 9.52. The smallest absolute Gasteiger partial charge is 0.307 e. The maximum Gasteiger partial charge on any atom is 0.307 e. The maximum atomic E-state index is 15.9. The van der Waals surface area contributed by atoms with Crippen LogP contribution >= 0.6 is 0 Å². The van der Waals surface area contributed by atoms with Gasteiger partial charge in [0.1, 0.15) is 0 Å². The Bertz CT molecular complexity index is 1850. The fourth-order valence-corrected chi connectivity index (χ4v) is 10.7. The third-order valence-corrected chi connectivity index (χ3v) is 11.6. The highest BCUT2D eigenvalue weighted by molar-refractivity contribution is 6.12. The number of quaternary nitrogens is 1. The molecule has 0 spiro atoms. The summed E-state index contributed by atoms with van der Waals surface area (Å²) in [5.41, 5.74) is 1.47. The van der Waals surface area contributed by atoms with E-state index in [-0.39, 0.29) is 16.9 Å². The van der Waals surface area contributed by atoms with Gasteiger partial charge in [-0.05, 0) is 39.8 Å². The minimum absolute atomic E-state index is 0.0637. The standard InChI is InChI=1S/C37H29NO5/c39-34(40)28-26-19-27(29(28)35(41)42)33-32(26)36(20-11-3-1-4-12-20)30-24-17-9-7-15-22(24)23-16-8-10-18-25(23)31(30)37(33,38(36)43)21-13-5-2-6-14-21/h1-18,26-29,32-33,38H,19H2,(H,39,40)(H,41,42)/t26-,27+,28-,29-,32?,33?,36-,37+/m0/s1. The minimum atomic E-state index is -1.11. The molecule has 5 aromatic carbocycles. The van der Waals surface area contributed by atoms with Gasteiger partial charge in [-0.15, -0.1) is 0 Å². The van der Waals surface area contributed by atoms with E-state index in [1.165, 1.54) is 0 Å². The van der Waals surface area contributed by atoms with Gasteiger partial charge in [-0.1, -0.05) is 109 Å². The molecule has 3 unspecified atom stereocenters. The van der Waals surface area contributed by atoms with Crippen LogP contribution in [0.4, 0.5) is 0 Å². The Kier molecular flexibility index (Phi) is 4.83. The lowest BCUT2D eigenvalue weighted by Gasteiger charge is -2.45. The van der Waals surface area contributed by atoms with Crippen LogP contribution in [0.25, 0.3) is 21.5 Å². The third-order valence-electron chi connectivity index (χ3n) is 11.6. The van der Waals surface area contributed by atoms with Gasteiger partial charge in [-0.2, -0.15) is 0 Å². The Hall–Kier alpha value is -4.52. The molecule has 9 atom stereocenters. The van der Waals surface area contributed by atoms with Crippen molar-refractivity contribution in [3.8, 4) is 0 Å². The molecule has 3 N–H and O–H groups in total. The second-order valence-corrected chi connectivity index (χ2v) is 12.9. The van der Waals surface area contributed by atoms with Gasteiger partial charge in [0.2, 0.25) is 0 Å². The lowest BCUT2D eigenvalue weighted by molar-refractivity contribution is -0.939. The molecule has 0 radical (unpaired) electrons. The number of carbonyl (C=O) groups is 2. The van der Waals surface area contributed by atoms with E-state index in [0.29, 0.717) is 6.42 Å². The van der Waals surface area contributed by atoms with E-state index in [1.54, 1.807) is 0 Å². The number of hydrogen-bond donors (Lipinski definition) is 3. The number of hydroxylamine groups is 2. The number of carboxylic acid groups (broad SMARTS) is 2. The predicted octanol–water partition coefficient (Wildman–Crippen LogP) is 5.17. The zero-order valence-electron chi connectivity index (χ0n) is 23.2. The lowest BCUT2D eigenvalue weighted by Crippen LogP contribution is -3.17. The first kappa shape index (κ1) is 25.0. The third kappa shape index (κ3) is 2.65.